The van der Waals surface area contributed by atoms with Gasteiger partial charge in [-0.3, -0.25) is 54.9 Å². The van der Waals surface area contributed by atoms with Crippen LogP contribution in [0.3, 0.4) is 0 Å². The zero-order valence-electron chi connectivity index (χ0n) is 34.5. The third-order valence-electron chi connectivity index (χ3n) is 8.74. The minimum absolute atomic E-state index is 0. The lowest BCUT2D eigenvalue weighted by molar-refractivity contribution is -0.385. The lowest BCUT2D eigenvalue weighted by Crippen LogP contribution is -2.18. The molecule has 63 heavy (non-hydrogen) atoms. The van der Waals surface area contributed by atoms with E-state index in [-0.39, 0.29) is 35.9 Å². The molecule has 2 N–H and O–H groups in total. The van der Waals surface area contributed by atoms with Crippen molar-refractivity contribution in [1.82, 2.24) is 29.7 Å². The predicted octanol–water partition coefficient (Wildman–Crippen LogP) is 9.98. The average molecular weight is 1210 g/mol. The van der Waals surface area contributed by atoms with Gasteiger partial charge in [-0.1, -0.05) is 107 Å². The quantitative estimate of drug-likeness (QED) is 0.0408. The van der Waals surface area contributed by atoms with E-state index in [4.69, 9.17) is 5.73 Å². The number of nitrogen functional groups attached to an aromatic ring is 1. The van der Waals surface area contributed by atoms with E-state index in [1.807, 2.05) is 12.1 Å². The van der Waals surface area contributed by atoms with Gasteiger partial charge in [-0.25, -0.2) is 14.8 Å². The summed E-state index contributed by atoms with van der Waals surface area (Å²) in [7, 11) is 1.21. The summed E-state index contributed by atoms with van der Waals surface area (Å²) in [5.74, 6) is -0.616. The van der Waals surface area contributed by atoms with Crippen molar-refractivity contribution >= 4 is 103 Å². The molecule has 344 valence electrons. The van der Waals surface area contributed by atoms with Crippen LogP contribution in [-0.4, -0.2) is 89.5 Å². The van der Waals surface area contributed by atoms with E-state index in [0.29, 0.717) is 5.72 Å². The predicted molar refractivity (Wildman–Crippen MR) is 267 cm³/mol. The average Bonchev–Trinajstić information content (AvgIpc) is 4.09. The van der Waals surface area contributed by atoms with Crippen molar-refractivity contribution in [3.8, 4) is 0 Å². The van der Waals surface area contributed by atoms with Gasteiger partial charge >= 0.3 is 5.97 Å². The SMILES string of the molecule is C.C1CCCC1.CC(I)(I)I.COC(=O)c1ccc([N+](=O)[O-])cn1.Nc1ccc(CN2CCCC2)nc1.O=Cc1ccc([N+](=O)[O-])cn1.O=[N+]([O-])c1ccc(CN2CCCC2)nc1. The number of ether oxygens (including phenoxy) is 1. The number of halogens is 3. The van der Waals surface area contributed by atoms with Gasteiger partial charge in [0.05, 0.1) is 45.2 Å². The molecule has 0 unspecified atom stereocenters. The fourth-order valence-electron chi connectivity index (χ4n) is 5.67. The molecule has 3 fully saturated rings. The molecular weight excluding hydrogens is 1160 g/mol. The Kier molecular flexibility index (Phi) is 28.6. The van der Waals surface area contributed by atoms with Crippen LogP contribution >= 0.6 is 67.8 Å². The molecule has 1 saturated carbocycles. The largest absolute Gasteiger partial charge is 0.464 e. The molecule has 4 aromatic rings. The molecule has 19 nitrogen and oxygen atoms in total. The molecule has 0 aromatic carbocycles. The molecule has 0 atom stereocenters. The lowest BCUT2D eigenvalue weighted by atomic mass is 10.3. The summed E-state index contributed by atoms with van der Waals surface area (Å²) in [6.07, 6.45) is 18.3. The number of hydrogen-bond acceptors (Lipinski definition) is 16. The molecule has 0 amide bonds. The summed E-state index contributed by atoms with van der Waals surface area (Å²) < 4.78 is 4.78. The van der Waals surface area contributed by atoms with Crippen LogP contribution in [-0.2, 0) is 17.8 Å². The summed E-state index contributed by atoms with van der Waals surface area (Å²) in [6.45, 7) is 8.57. The van der Waals surface area contributed by atoms with Crippen molar-refractivity contribution < 1.29 is 29.1 Å². The van der Waals surface area contributed by atoms with Crippen molar-refractivity contribution in [3.05, 3.63) is 126 Å². The zero-order valence-corrected chi connectivity index (χ0v) is 41.0. The van der Waals surface area contributed by atoms with Gasteiger partial charge in [-0.15, -0.1) is 0 Å². The molecular formula is C41H55I3N10O9. The van der Waals surface area contributed by atoms with Crippen LogP contribution in [0.25, 0.3) is 0 Å². The first-order valence-electron chi connectivity index (χ1n) is 19.5. The standard InChI is InChI=1S/C10H13N3O2.C10H15N3.C7H6N2O4.C6H4N2O3.C5H10.C2H3I3.CH4/c14-13(15)10-4-3-9(11-7-10)8-12-5-1-2-6-12;11-9-3-4-10(12-7-9)8-13-5-1-2-6-13;1-13-7(10)6-3-2-5(4-8-6)9(11)12;9-4-5-1-2-6(3-7-5)8(10)11;1-2-4-5-3-1;1-2(3,4)5;/h3-4,7H,1-2,5-6,8H2;3-4,7H,1-2,5-6,8,11H2;2-4H,1H3;1-4H;1-5H2;1H3;1H4. The summed E-state index contributed by atoms with van der Waals surface area (Å²) in [5, 5.41) is 30.7. The maximum absolute atomic E-state index is 10.8. The molecule has 6 heterocycles. The lowest BCUT2D eigenvalue weighted by Gasteiger charge is -2.13. The first-order chi connectivity index (χ1) is 29.5. The zero-order chi connectivity index (χ0) is 45.9. The number of pyridine rings is 4. The van der Waals surface area contributed by atoms with E-state index >= 15 is 0 Å². The Hall–Kier alpha value is -4.15. The highest BCUT2D eigenvalue weighted by Gasteiger charge is 2.14. The Labute approximate surface area is 408 Å². The monoisotopic (exact) mass is 1210 g/mol. The van der Waals surface area contributed by atoms with Crippen LogP contribution in [0.2, 0.25) is 0 Å². The van der Waals surface area contributed by atoms with Gasteiger partial charge in [0.15, 0.2) is 6.29 Å². The highest BCUT2D eigenvalue weighted by Crippen LogP contribution is 2.33. The molecule has 3 aliphatic rings. The second-order valence-electron chi connectivity index (χ2n) is 13.8. The van der Waals surface area contributed by atoms with Crippen LogP contribution in [0.1, 0.15) is 105 Å². The van der Waals surface area contributed by atoms with E-state index in [9.17, 15) is 39.9 Å². The van der Waals surface area contributed by atoms with E-state index < -0.39 is 20.7 Å². The summed E-state index contributed by atoms with van der Waals surface area (Å²) in [4.78, 5) is 70.2. The van der Waals surface area contributed by atoms with Crippen molar-refractivity contribution in [1.29, 1.82) is 0 Å². The van der Waals surface area contributed by atoms with Crippen LogP contribution in [0.5, 0.6) is 0 Å². The minimum atomic E-state index is -0.616. The molecule has 4 aromatic heterocycles. The molecule has 7 rings (SSSR count). The van der Waals surface area contributed by atoms with Gasteiger partial charge in [0.1, 0.15) is 29.4 Å². The number of aldehydes is 1. The fraction of sp³-hybridized carbons (Fsp3) is 0.463. The van der Waals surface area contributed by atoms with Crippen LogP contribution in [0.15, 0.2) is 73.3 Å². The summed E-state index contributed by atoms with van der Waals surface area (Å²) >= 11 is 7.05. The highest BCUT2D eigenvalue weighted by molar-refractivity contribution is 14.3. The van der Waals surface area contributed by atoms with E-state index in [0.717, 1.165) is 55.6 Å². The molecule has 0 radical (unpaired) electrons. The topological polar surface area (TPSA) is 257 Å². The number of methoxy groups -OCH3 is 1. The third kappa shape index (κ3) is 26.3. The molecule has 0 spiro atoms. The van der Waals surface area contributed by atoms with Crippen molar-refractivity contribution in [2.75, 3.05) is 39.0 Å². The van der Waals surface area contributed by atoms with Crippen LogP contribution < -0.4 is 5.73 Å². The number of aromatic nitrogens is 4. The van der Waals surface area contributed by atoms with Crippen LogP contribution in [0.4, 0.5) is 22.7 Å². The van der Waals surface area contributed by atoms with E-state index in [2.05, 4.69) is 109 Å². The Balaban J connectivity index is 0.000000391. The number of esters is 1. The first-order valence-corrected chi connectivity index (χ1v) is 22.8. The number of nitro groups is 3. The maximum atomic E-state index is 10.8. The van der Waals surface area contributed by atoms with Gasteiger partial charge in [0.2, 0.25) is 0 Å². The van der Waals surface area contributed by atoms with Gasteiger partial charge in [0, 0.05) is 31.3 Å². The number of hydrogen-bond donors (Lipinski definition) is 1. The normalized spacial score (nSPS) is 14.0. The van der Waals surface area contributed by atoms with Gasteiger partial charge in [-0.2, -0.15) is 0 Å². The summed E-state index contributed by atoms with van der Waals surface area (Å²) in [5.41, 5.74) is 8.35. The highest BCUT2D eigenvalue weighted by atomic mass is 127. The fourth-order valence-corrected chi connectivity index (χ4v) is 5.67. The van der Waals surface area contributed by atoms with E-state index in [1.165, 1.54) is 115 Å². The summed E-state index contributed by atoms with van der Waals surface area (Å²) in [6, 6.07) is 12.1. The number of nitrogens with two attached hydrogens (primary N) is 1. The van der Waals surface area contributed by atoms with Gasteiger partial charge in [-0.05, 0) is 89.1 Å². The smallest absolute Gasteiger partial charge is 0.356 e. The van der Waals surface area contributed by atoms with Gasteiger partial charge in [0.25, 0.3) is 17.1 Å². The molecule has 22 heteroatoms. The second-order valence-corrected chi connectivity index (χ2v) is 26.5. The number of carbonyl (C=O) groups excluding carboxylic acids is 2. The number of alkyl halides is 3. The number of nitrogens with zero attached hydrogens (tertiary/aromatic N) is 9. The Morgan fingerprint density at radius 2 is 1.05 bits per heavy atom. The Morgan fingerprint density at radius 3 is 1.35 bits per heavy atom. The minimum Gasteiger partial charge on any atom is -0.464 e. The second kappa shape index (κ2) is 31.7. The van der Waals surface area contributed by atoms with Crippen molar-refractivity contribution in [2.24, 2.45) is 0 Å². The number of rotatable bonds is 9. The molecule has 2 saturated heterocycles. The van der Waals surface area contributed by atoms with Crippen molar-refractivity contribution in [3.63, 3.8) is 0 Å². The van der Waals surface area contributed by atoms with Gasteiger partial charge < -0.3 is 10.5 Å². The third-order valence-corrected chi connectivity index (χ3v) is 8.74. The van der Waals surface area contributed by atoms with E-state index in [1.54, 1.807) is 12.3 Å². The Bertz CT molecular complexity index is 1930. The number of carbonyl (C=O) groups is 2. The molecule has 2 aliphatic heterocycles. The number of likely N-dealkylation sites (tertiary alicyclic amines) is 2. The maximum Gasteiger partial charge on any atom is 0.356 e. The van der Waals surface area contributed by atoms with Crippen molar-refractivity contribution in [2.45, 2.75) is 84.7 Å². The first kappa shape index (κ1) is 56.9. The Morgan fingerprint density at radius 1 is 0.667 bits per heavy atom. The number of anilines is 1. The molecule has 1 aliphatic carbocycles. The molecule has 0 bridgehead atoms. The van der Waals surface area contributed by atoms with Crippen LogP contribution in [0, 0.1) is 30.3 Å².